The van der Waals surface area contributed by atoms with Gasteiger partial charge in [0.05, 0.1) is 12.0 Å². The summed E-state index contributed by atoms with van der Waals surface area (Å²) in [5.41, 5.74) is 5.60. The number of esters is 1. The molecule has 0 aliphatic rings. The number of hydrogen-bond donors (Lipinski definition) is 5. The van der Waals surface area contributed by atoms with Crippen molar-refractivity contribution in [3.8, 4) is 0 Å². The largest absolute Gasteiger partial charge is 0.460 e. The first kappa shape index (κ1) is 41.7. The predicted molar refractivity (Wildman–Crippen MR) is 182 cm³/mol. The van der Waals surface area contributed by atoms with E-state index in [0.29, 0.717) is 30.0 Å². The highest BCUT2D eigenvalue weighted by Gasteiger charge is 2.29. The van der Waals surface area contributed by atoms with Gasteiger partial charge < -0.3 is 41.4 Å². The Labute approximate surface area is 284 Å². The zero-order valence-electron chi connectivity index (χ0n) is 29.9. The van der Waals surface area contributed by atoms with Crippen LogP contribution in [0, 0.1) is 17.3 Å². The summed E-state index contributed by atoms with van der Waals surface area (Å²) in [5.74, 6) is -1.48. The Balaban J connectivity index is 2.84. The first-order chi connectivity index (χ1) is 22.3. The van der Waals surface area contributed by atoms with Crippen LogP contribution in [0.25, 0.3) is 0 Å². The molecule has 48 heavy (non-hydrogen) atoms. The lowest BCUT2D eigenvalue weighted by atomic mass is 9.97. The molecule has 1 unspecified atom stereocenters. The Morgan fingerprint density at radius 3 is 2.06 bits per heavy atom. The molecule has 0 bridgehead atoms. The number of primary amides is 1. The van der Waals surface area contributed by atoms with Crippen LogP contribution < -0.4 is 27.0 Å². The lowest BCUT2D eigenvalue weighted by molar-refractivity contribution is -0.158. The normalized spacial score (nSPS) is 13.1. The second-order valence-corrected chi connectivity index (χ2v) is 13.8. The number of nitrogens with one attached hydrogen (secondary N) is 4. The van der Waals surface area contributed by atoms with Gasteiger partial charge in [0, 0.05) is 25.7 Å². The van der Waals surface area contributed by atoms with Crippen molar-refractivity contribution in [2.75, 3.05) is 25.5 Å². The van der Waals surface area contributed by atoms with Gasteiger partial charge in [0.2, 0.25) is 17.7 Å². The minimum Gasteiger partial charge on any atom is -0.460 e. The second kappa shape index (κ2) is 20.1. The number of benzene rings is 1. The molecule has 0 aliphatic carbocycles. The first-order valence-electron chi connectivity index (χ1n) is 16.4. The number of urea groups is 1. The van der Waals surface area contributed by atoms with Gasteiger partial charge in [0.25, 0.3) is 0 Å². The van der Waals surface area contributed by atoms with Gasteiger partial charge in [0.15, 0.2) is 0 Å². The van der Waals surface area contributed by atoms with E-state index in [9.17, 15) is 28.8 Å². The fraction of sp³-hybridized carbons (Fsp3) is 0.647. The Hall–Kier alpha value is -4.36. The van der Waals surface area contributed by atoms with Crippen molar-refractivity contribution in [1.82, 2.24) is 20.9 Å². The molecule has 0 aromatic heterocycles. The number of amides is 6. The van der Waals surface area contributed by atoms with Gasteiger partial charge in [-0.3, -0.25) is 19.2 Å². The van der Waals surface area contributed by atoms with Gasteiger partial charge >= 0.3 is 18.1 Å². The van der Waals surface area contributed by atoms with E-state index in [1.807, 2.05) is 13.8 Å². The van der Waals surface area contributed by atoms with Crippen molar-refractivity contribution < 1.29 is 38.2 Å². The Morgan fingerprint density at radius 1 is 0.896 bits per heavy atom. The molecule has 270 valence electrons. The zero-order chi connectivity index (χ0) is 36.6. The van der Waals surface area contributed by atoms with Crippen LogP contribution in [0.2, 0.25) is 0 Å². The van der Waals surface area contributed by atoms with Crippen LogP contribution >= 0.6 is 0 Å². The maximum atomic E-state index is 13.3. The summed E-state index contributed by atoms with van der Waals surface area (Å²) in [6.07, 6.45) is 0.409. The Bertz CT molecular complexity index is 1230. The lowest BCUT2D eigenvalue weighted by Crippen LogP contribution is -2.54. The molecule has 1 aromatic carbocycles. The molecule has 0 saturated carbocycles. The van der Waals surface area contributed by atoms with Gasteiger partial charge in [-0.25, -0.2) is 9.59 Å². The molecule has 3 atom stereocenters. The molecular formula is C34H56N6O8. The van der Waals surface area contributed by atoms with Crippen molar-refractivity contribution >= 4 is 41.5 Å². The van der Waals surface area contributed by atoms with E-state index >= 15 is 0 Å². The first-order valence-corrected chi connectivity index (χ1v) is 16.4. The van der Waals surface area contributed by atoms with Gasteiger partial charge in [0.1, 0.15) is 24.8 Å². The fourth-order valence-electron chi connectivity index (χ4n) is 4.27. The number of anilines is 1. The number of rotatable bonds is 18. The maximum absolute atomic E-state index is 13.3. The number of likely N-dealkylation sites (N-methyl/N-ethyl adjacent to an activating group) is 1. The standard InChI is InChI=1S/C34H56N6O8/c1-21(2)12-17-27(41)39-28(22(3)4)30(43)38-26(11-10-18-36-32(35)45)29(42)37-25-15-13-24(14-16-25)20-47-33(46)40(9)19-23(5)48-31(44)34(6,7)8/h13-16,21-23,26,28H,10-12,17-20H2,1-9H3,(H,37,42)(H,38,43)(H,39,41)(H3,35,36,45)/t23?,26-,28-/m0/s1. The molecule has 1 rings (SSSR count). The number of ether oxygens (including phenoxy) is 2. The maximum Gasteiger partial charge on any atom is 0.409 e. The topological polar surface area (TPSA) is 198 Å². The minimum absolute atomic E-state index is 0.0292. The SMILES string of the molecule is CC(C)CCC(=O)N[C@H](C(=O)N[C@@H](CCCNC(N)=O)C(=O)Nc1ccc(COC(=O)N(C)CC(C)OC(=O)C(C)(C)C)cc1)C(C)C. The van der Waals surface area contributed by atoms with E-state index in [-0.39, 0.29) is 50.3 Å². The van der Waals surface area contributed by atoms with E-state index in [1.165, 1.54) is 4.90 Å². The van der Waals surface area contributed by atoms with Gasteiger partial charge in [-0.2, -0.15) is 0 Å². The summed E-state index contributed by atoms with van der Waals surface area (Å²) in [6.45, 7) is 14.9. The Kier molecular flexibility index (Phi) is 17.5. The van der Waals surface area contributed by atoms with Crippen LogP contribution in [0.5, 0.6) is 0 Å². The minimum atomic E-state index is -0.970. The smallest absolute Gasteiger partial charge is 0.409 e. The highest BCUT2D eigenvalue weighted by molar-refractivity contribution is 5.98. The molecule has 0 heterocycles. The summed E-state index contributed by atoms with van der Waals surface area (Å²) in [6, 6.07) is 4.13. The van der Waals surface area contributed by atoms with Crippen molar-refractivity contribution in [2.45, 2.75) is 106 Å². The van der Waals surface area contributed by atoms with Crippen molar-refractivity contribution in [1.29, 1.82) is 0 Å². The highest BCUT2D eigenvalue weighted by Crippen LogP contribution is 2.17. The average molecular weight is 677 g/mol. The van der Waals surface area contributed by atoms with Gasteiger partial charge in [-0.05, 0) is 76.5 Å². The van der Waals surface area contributed by atoms with E-state index in [2.05, 4.69) is 21.3 Å². The van der Waals surface area contributed by atoms with E-state index < -0.39 is 47.5 Å². The molecule has 0 radical (unpaired) electrons. The lowest BCUT2D eigenvalue weighted by Gasteiger charge is -2.25. The van der Waals surface area contributed by atoms with Crippen LogP contribution in [0.15, 0.2) is 24.3 Å². The highest BCUT2D eigenvalue weighted by atomic mass is 16.6. The number of carbonyl (C=O) groups is 6. The number of carbonyl (C=O) groups excluding carboxylic acids is 6. The Morgan fingerprint density at radius 2 is 1.52 bits per heavy atom. The second-order valence-electron chi connectivity index (χ2n) is 13.8. The molecule has 0 spiro atoms. The molecule has 6 amide bonds. The van der Waals surface area contributed by atoms with Crippen molar-refractivity contribution in [2.24, 2.45) is 23.0 Å². The van der Waals surface area contributed by atoms with E-state index in [0.717, 1.165) is 0 Å². The molecule has 14 nitrogen and oxygen atoms in total. The molecule has 6 N–H and O–H groups in total. The van der Waals surface area contributed by atoms with Crippen LogP contribution in [-0.4, -0.2) is 79.0 Å². The average Bonchev–Trinajstić information content (AvgIpc) is 2.98. The van der Waals surface area contributed by atoms with Gasteiger partial charge in [-0.1, -0.05) is 39.8 Å². The van der Waals surface area contributed by atoms with E-state index in [1.54, 1.807) is 72.9 Å². The molecule has 0 fully saturated rings. The summed E-state index contributed by atoms with van der Waals surface area (Å²) >= 11 is 0. The van der Waals surface area contributed by atoms with Crippen LogP contribution in [0.4, 0.5) is 15.3 Å². The number of nitrogens with zero attached hydrogens (tertiary/aromatic N) is 1. The summed E-state index contributed by atoms with van der Waals surface area (Å²) in [7, 11) is 1.55. The third-order valence-electron chi connectivity index (χ3n) is 7.16. The van der Waals surface area contributed by atoms with Crippen molar-refractivity contribution in [3.63, 3.8) is 0 Å². The predicted octanol–water partition coefficient (Wildman–Crippen LogP) is 3.68. The molecule has 1 aromatic rings. The van der Waals surface area contributed by atoms with Crippen LogP contribution in [0.3, 0.4) is 0 Å². The quantitative estimate of drug-likeness (QED) is 0.115. The summed E-state index contributed by atoms with van der Waals surface area (Å²) < 4.78 is 10.8. The van der Waals surface area contributed by atoms with Crippen molar-refractivity contribution in [3.05, 3.63) is 29.8 Å². The molecular weight excluding hydrogens is 620 g/mol. The monoisotopic (exact) mass is 676 g/mol. The number of hydrogen-bond acceptors (Lipinski definition) is 8. The molecule has 0 aliphatic heterocycles. The van der Waals surface area contributed by atoms with Crippen LogP contribution in [-0.2, 0) is 35.3 Å². The third-order valence-corrected chi connectivity index (χ3v) is 7.16. The van der Waals surface area contributed by atoms with E-state index in [4.69, 9.17) is 15.2 Å². The number of nitrogens with two attached hydrogens (primary N) is 1. The molecule has 14 heteroatoms. The zero-order valence-corrected chi connectivity index (χ0v) is 29.9. The van der Waals surface area contributed by atoms with Gasteiger partial charge in [-0.15, -0.1) is 0 Å². The molecule has 0 saturated heterocycles. The van der Waals surface area contributed by atoms with Crippen LogP contribution in [0.1, 0.15) is 86.6 Å². The third kappa shape index (κ3) is 16.5. The summed E-state index contributed by atoms with van der Waals surface area (Å²) in [5, 5.41) is 10.8. The summed E-state index contributed by atoms with van der Waals surface area (Å²) in [4.78, 5) is 76.1. The fourth-order valence-corrected chi connectivity index (χ4v) is 4.27.